The van der Waals surface area contributed by atoms with E-state index >= 15 is 0 Å². The molecule has 11 heavy (non-hydrogen) atoms. The maximum Gasteiger partial charge on any atom is 0.0800 e. The summed E-state index contributed by atoms with van der Waals surface area (Å²) < 4.78 is 21.6. The van der Waals surface area contributed by atoms with Gasteiger partial charge < -0.3 is 5.11 Å². The van der Waals surface area contributed by atoms with E-state index in [0.29, 0.717) is 12.8 Å². The maximum absolute atomic E-state index is 9.62. The number of allylic oxidation sites excluding steroid dienone is 2. The molecule has 2 atom stereocenters. The molecule has 0 aromatic carbocycles. The lowest BCUT2D eigenvalue weighted by atomic mass is 9.84. The molecular weight excluding hydrogens is 136 g/mol. The minimum atomic E-state index is -2.09. The third-order valence-corrected chi connectivity index (χ3v) is 2.10. The largest absolute Gasteiger partial charge is 0.386 e. The van der Waals surface area contributed by atoms with Crippen molar-refractivity contribution in [1.29, 1.82) is 0 Å². The topological polar surface area (TPSA) is 20.2 Å². The minimum absolute atomic E-state index is 0.122. The Hall–Kier alpha value is -0.560. The Morgan fingerprint density at radius 1 is 1.91 bits per heavy atom. The lowest BCUT2D eigenvalue weighted by Crippen LogP contribution is -2.25. The van der Waals surface area contributed by atoms with Crippen LogP contribution in [-0.4, -0.2) is 10.7 Å². The fraction of sp³-hybridized carbons (Fsp3) is 0.600. The third kappa shape index (κ3) is 2.19. The molecule has 1 aliphatic rings. The molecule has 0 radical (unpaired) electrons. The second kappa shape index (κ2) is 2.82. The van der Waals surface area contributed by atoms with Gasteiger partial charge in [0.15, 0.2) is 0 Å². The molecule has 1 heteroatoms. The van der Waals surface area contributed by atoms with Crippen LogP contribution in [0, 0.1) is 5.92 Å². The van der Waals surface area contributed by atoms with Gasteiger partial charge in [0.2, 0.25) is 0 Å². The summed E-state index contributed by atoms with van der Waals surface area (Å²) in [7, 11) is 0. The maximum atomic E-state index is 9.62. The number of aliphatic hydroxyl groups is 1. The first-order chi connectivity index (χ1) is 6.22. The van der Waals surface area contributed by atoms with Crippen molar-refractivity contribution in [2.75, 3.05) is 0 Å². The van der Waals surface area contributed by atoms with Crippen LogP contribution in [-0.2, 0) is 0 Å². The van der Waals surface area contributed by atoms with Crippen molar-refractivity contribution < 1.29 is 9.22 Å². The highest BCUT2D eigenvalue weighted by Gasteiger charge is 2.23. The van der Waals surface area contributed by atoms with E-state index in [4.69, 9.17) is 4.11 Å². The fourth-order valence-electron chi connectivity index (χ4n) is 1.24. The molecule has 1 nitrogen and oxygen atoms in total. The first-order valence-electron chi connectivity index (χ1n) is 5.33. The number of hydrogen-bond acceptors (Lipinski definition) is 1. The van der Waals surface area contributed by atoms with Crippen LogP contribution in [0.15, 0.2) is 24.3 Å². The van der Waals surface area contributed by atoms with Crippen molar-refractivity contribution in [2.45, 2.75) is 32.2 Å². The second-order valence-electron chi connectivity index (χ2n) is 3.39. The van der Waals surface area contributed by atoms with Gasteiger partial charge in [0.1, 0.15) is 0 Å². The lowest BCUT2D eigenvalue weighted by Gasteiger charge is -2.27. The van der Waals surface area contributed by atoms with Crippen molar-refractivity contribution in [1.82, 2.24) is 0 Å². The van der Waals surface area contributed by atoms with Gasteiger partial charge >= 0.3 is 0 Å². The second-order valence-corrected chi connectivity index (χ2v) is 3.39. The van der Waals surface area contributed by atoms with Gasteiger partial charge in [0.25, 0.3) is 0 Å². The fourth-order valence-corrected chi connectivity index (χ4v) is 1.24. The highest BCUT2D eigenvalue weighted by Crippen LogP contribution is 2.28. The minimum Gasteiger partial charge on any atom is -0.386 e. The molecule has 1 N–H and O–H groups in total. The summed E-state index contributed by atoms with van der Waals surface area (Å²) in [4.78, 5) is 0. The molecule has 0 aromatic rings. The molecule has 1 rings (SSSR count). The zero-order chi connectivity index (χ0) is 11.0. The average molecular weight is 155 g/mol. The average Bonchev–Trinajstić information content (AvgIpc) is 2.01. The van der Waals surface area contributed by atoms with Crippen LogP contribution in [0.5, 0.6) is 0 Å². The Labute approximate surface area is 72.6 Å². The Morgan fingerprint density at radius 3 is 3.09 bits per heavy atom. The van der Waals surface area contributed by atoms with Gasteiger partial charge in [-0.05, 0) is 32.5 Å². The van der Waals surface area contributed by atoms with E-state index in [0.717, 1.165) is 0 Å². The Kier molecular flexibility index (Phi) is 1.32. The SMILES string of the molecule is [2H]C([2H])([2H])C(=C)C1C=CC(C)(O)CC1. The molecule has 0 heterocycles. The van der Waals surface area contributed by atoms with E-state index in [2.05, 4.69) is 6.58 Å². The third-order valence-electron chi connectivity index (χ3n) is 2.10. The van der Waals surface area contributed by atoms with Gasteiger partial charge in [-0.25, -0.2) is 0 Å². The summed E-state index contributed by atoms with van der Waals surface area (Å²) in [5.74, 6) is -0.122. The Balaban J connectivity index is 2.71. The lowest BCUT2D eigenvalue weighted by molar-refractivity contribution is 0.0903. The van der Waals surface area contributed by atoms with Gasteiger partial charge in [-0.1, -0.05) is 24.3 Å². The molecule has 0 saturated carbocycles. The van der Waals surface area contributed by atoms with Gasteiger partial charge in [-0.2, -0.15) is 0 Å². The highest BCUT2D eigenvalue weighted by atomic mass is 16.3. The predicted octanol–water partition coefficient (Wildman–Crippen LogP) is 2.28. The van der Waals surface area contributed by atoms with E-state index in [9.17, 15) is 5.11 Å². The summed E-state index contributed by atoms with van der Waals surface area (Å²) in [6.45, 7) is 3.24. The van der Waals surface area contributed by atoms with Crippen LogP contribution in [0.1, 0.15) is 30.7 Å². The van der Waals surface area contributed by atoms with Gasteiger partial charge in [0, 0.05) is 4.11 Å². The molecule has 62 valence electrons. The first kappa shape index (κ1) is 5.15. The van der Waals surface area contributed by atoms with Crippen molar-refractivity contribution >= 4 is 0 Å². The molecule has 0 fully saturated rings. The predicted molar refractivity (Wildman–Crippen MR) is 47.3 cm³/mol. The van der Waals surface area contributed by atoms with Crippen molar-refractivity contribution in [2.24, 2.45) is 5.92 Å². The zero-order valence-corrected chi connectivity index (χ0v) is 6.80. The van der Waals surface area contributed by atoms with E-state index in [1.54, 1.807) is 19.1 Å². The highest BCUT2D eigenvalue weighted by molar-refractivity contribution is 5.14. The molecule has 2 unspecified atom stereocenters. The summed E-state index contributed by atoms with van der Waals surface area (Å²) >= 11 is 0. The van der Waals surface area contributed by atoms with Crippen LogP contribution < -0.4 is 0 Å². The molecule has 0 spiro atoms. The van der Waals surface area contributed by atoms with Crippen molar-refractivity contribution in [3.63, 3.8) is 0 Å². The summed E-state index contributed by atoms with van der Waals surface area (Å²) in [6, 6.07) is 0. The molecular formula is C10H16O. The van der Waals surface area contributed by atoms with Crippen LogP contribution in [0.4, 0.5) is 0 Å². The number of rotatable bonds is 1. The number of hydrogen-bond donors (Lipinski definition) is 1. The van der Waals surface area contributed by atoms with E-state index in [1.165, 1.54) is 0 Å². The Morgan fingerprint density at radius 2 is 2.64 bits per heavy atom. The molecule has 1 aliphatic carbocycles. The summed E-state index contributed by atoms with van der Waals surface area (Å²) in [5.41, 5.74) is -0.518. The molecule has 0 aliphatic heterocycles. The summed E-state index contributed by atoms with van der Waals surface area (Å²) in [5, 5.41) is 9.62. The summed E-state index contributed by atoms with van der Waals surface area (Å²) in [6.07, 6.45) is 4.65. The monoisotopic (exact) mass is 155 g/mol. The smallest absolute Gasteiger partial charge is 0.0800 e. The van der Waals surface area contributed by atoms with Crippen molar-refractivity contribution in [3.05, 3.63) is 24.3 Å². The zero-order valence-electron chi connectivity index (χ0n) is 9.80. The van der Waals surface area contributed by atoms with Crippen LogP contribution in [0.25, 0.3) is 0 Å². The van der Waals surface area contributed by atoms with Crippen LogP contribution in [0.3, 0.4) is 0 Å². The first-order valence-corrected chi connectivity index (χ1v) is 3.83. The molecule has 0 bridgehead atoms. The van der Waals surface area contributed by atoms with E-state index < -0.39 is 12.5 Å². The van der Waals surface area contributed by atoms with Gasteiger partial charge in [-0.15, -0.1) is 0 Å². The van der Waals surface area contributed by atoms with Crippen LogP contribution >= 0.6 is 0 Å². The standard InChI is InChI=1S/C10H16O/c1-8(2)9-4-6-10(3,11)7-5-9/h4,6,9,11H,1,5,7H2,2-3H3/i2D3. The van der Waals surface area contributed by atoms with Crippen molar-refractivity contribution in [3.8, 4) is 0 Å². The normalized spacial score (nSPS) is 42.4. The molecule has 0 saturated heterocycles. The quantitative estimate of drug-likeness (QED) is 0.576. The van der Waals surface area contributed by atoms with Gasteiger partial charge in [0.05, 0.1) is 5.60 Å². The molecule has 0 amide bonds. The van der Waals surface area contributed by atoms with E-state index in [-0.39, 0.29) is 11.5 Å². The Bertz CT molecular complexity index is 263. The molecule has 0 aromatic heterocycles. The van der Waals surface area contributed by atoms with Gasteiger partial charge in [-0.3, -0.25) is 0 Å². The van der Waals surface area contributed by atoms with E-state index in [1.807, 2.05) is 0 Å². The van der Waals surface area contributed by atoms with Crippen LogP contribution in [0.2, 0.25) is 0 Å².